The van der Waals surface area contributed by atoms with Crippen molar-refractivity contribution in [2.75, 3.05) is 18.8 Å². The summed E-state index contributed by atoms with van der Waals surface area (Å²) >= 11 is 1.78. The van der Waals surface area contributed by atoms with Crippen molar-refractivity contribution < 1.29 is 4.79 Å². The molecule has 2 aliphatic rings. The molecule has 1 aliphatic heterocycles. The highest BCUT2D eigenvalue weighted by atomic mass is 32.1. The zero-order valence-corrected chi connectivity index (χ0v) is 14.6. The van der Waals surface area contributed by atoms with Crippen LogP contribution in [0, 0.1) is 5.92 Å². The Morgan fingerprint density at radius 3 is 2.71 bits per heavy atom. The Labute approximate surface area is 145 Å². The van der Waals surface area contributed by atoms with Gasteiger partial charge in [-0.1, -0.05) is 0 Å². The molecule has 3 heterocycles. The molecule has 0 atom stereocenters. The van der Waals surface area contributed by atoms with Crippen molar-refractivity contribution in [1.29, 1.82) is 0 Å². The number of nitrogens with two attached hydrogens (primary N) is 2. The average Bonchev–Trinajstić information content (AvgIpc) is 2.94. The van der Waals surface area contributed by atoms with Crippen LogP contribution in [-0.2, 0) is 24.2 Å². The first-order valence-electron chi connectivity index (χ1n) is 8.70. The number of aryl methyl sites for hydroxylation is 2. The number of rotatable bonds is 3. The number of hydrogen-bond donors (Lipinski definition) is 2. The zero-order valence-electron chi connectivity index (χ0n) is 13.8. The Bertz CT molecular complexity index is 779. The summed E-state index contributed by atoms with van der Waals surface area (Å²) < 4.78 is 0. The largest absolute Gasteiger partial charge is 0.383 e. The number of anilines is 1. The molecule has 24 heavy (non-hydrogen) atoms. The van der Waals surface area contributed by atoms with Crippen molar-refractivity contribution in [3.63, 3.8) is 0 Å². The van der Waals surface area contributed by atoms with Gasteiger partial charge in [0.15, 0.2) is 0 Å². The molecular formula is C17H23N5OS. The predicted octanol–water partition coefficient (Wildman–Crippen LogP) is 1.85. The van der Waals surface area contributed by atoms with Gasteiger partial charge in [-0.3, -0.25) is 9.69 Å². The minimum atomic E-state index is -0.180. The Hall–Kier alpha value is -1.73. The maximum atomic E-state index is 11.3. The molecule has 2 aromatic heterocycles. The molecule has 2 aromatic rings. The second-order valence-corrected chi connectivity index (χ2v) is 7.95. The molecule has 0 spiro atoms. The summed E-state index contributed by atoms with van der Waals surface area (Å²) in [5, 5.41) is 1.09. The van der Waals surface area contributed by atoms with E-state index < -0.39 is 0 Å². The third-order valence-electron chi connectivity index (χ3n) is 5.24. The second kappa shape index (κ2) is 6.29. The quantitative estimate of drug-likeness (QED) is 0.884. The predicted molar refractivity (Wildman–Crippen MR) is 95.7 cm³/mol. The van der Waals surface area contributed by atoms with Gasteiger partial charge < -0.3 is 11.5 Å². The molecule has 1 amide bonds. The third kappa shape index (κ3) is 2.86. The number of nitrogen functional groups attached to an aromatic ring is 1. The Morgan fingerprint density at radius 1 is 1.21 bits per heavy atom. The zero-order chi connectivity index (χ0) is 16.7. The lowest BCUT2D eigenvalue weighted by Crippen LogP contribution is -2.38. The smallest absolute Gasteiger partial charge is 0.220 e. The van der Waals surface area contributed by atoms with Gasteiger partial charge in [0.2, 0.25) is 5.91 Å². The molecule has 128 valence electrons. The van der Waals surface area contributed by atoms with Crippen molar-refractivity contribution in [3.8, 4) is 0 Å². The van der Waals surface area contributed by atoms with Crippen LogP contribution >= 0.6 is 11.3 Å². The molecule has 0 unspecified atom stereocenters. The molecule has 0 saturated carbocycles. The van der Waals surface area contributed by atoms with Crippen LogP contribution in [0.3, 0.4) is 0 Å². The normalized spacial score (nSPS) is 19.5. The number of piperidine rings is 1. The number of primary amides is 1. The number of carbonyl (C=O) groups excluding carboxylic acids is 1. The SMILES string of the molecule is NC(=O)C1CCN(Cc2nc(N)c3c4c(sc3n2)CCCC4)CC1. The summed E-state index contributed by atoms with van der Waals surface area (Å²) in [5.41, 5.74) is 13.0. The Morgan fingerprint density at radius 2 is 1.96 bits per heavy atom. The Balaban J connectivity index is 1.54. The van der Waals surface area contributed by atoms with Gasteiger partial charge in [-0.2, -0.15) is 0 Å². The maximum absolute atomic E-state index is 11.3. The first-order valence-corrected chi connectivity index (χ1v) is 9.52. The lowest BCUT2D eigenvalue weighted by Gasteiger charge is -2.29. The fourth-order valence-electron chi connectivity index (χ4n) is 3.88. The number of carbonyl (C=O) groups is 1. The van der Waals surface area contributed by atoms with Gasteiger partial charge in [-0.25, -0.2) is 9.97 Å². The van der Waals surface area contributed by atoms with Gasteiger partial charge in [0.25, 0.3) is 0 Å². The Kier molecular flexibility index (Phi) is 4.14. The van der Waals surface area contributed by atoms with Gasteiger partial charge >= 0.3 is 0 Å². The van der Waals surface area contributed by atoms with Crippen LogP contribution in [0.2, 0.25) is 0 Å². The molecule has 4 rings (SSSR count). The van der Waals surface area contributed by atoms with E-state index >= 15 is 0 Å². The van der Waals surface area contributed by atoms with Crippen molar-refractivity contribution in [2.24, 2.45) is 11.7 Å². The minimum Gasteiger partial charge on any atom is -0.383 e. The van der Waals surface area contributed by atoms with Crippen LogP contribution in [0.25, 0.3) is 10.2 Å². The van der Waals surface area contributed by atoms with E-state index in [1.165, 1.54) is 23.3 Å². The van der Waals surface area contributed by atoms with Crippen molar-refractivity contribution in [3.05, 3.63) is 16.3 Å². The van der Waals surface area contributed by atoms with Crippen molar-refractivity contribution in [2.45, 2.75) is 45.1 Å². The van der Waals surface area contributed by atoms with Crippen molar-refractivity contribution >= 4 is 33.3 Å². The monoisotopic (exact) mass is 345 g/mol. The van der Waals surface area contributed by atoms with Gasteiger partial charge in [-0.05, 0) is 57.2 Å². The topological polar surface area (TPSA) is 98.1 Å². The summed E-state index contributed by atoms with van der Waals surface area (Å²) in [6, 6.07) is 0. The fourth-order valence-corrected chi connectivity index (χ4v) is 5.17. The fraction of sp³-hybridized carbons (Fsp3) is 0.588. The number of likely N-dealkylation sites (tertiary alicyclic amines) is 1. The molecule has 4 N–H and O–H groups in total. The van der Waals surface area contributed by atoms with Crippen molar-refractivity contribution in [1.82, 2.24) is 14.9 Å². The van der Waals surface area contributed by atoms with Crippen LogP contribution < -0.4 is 11.5 Å². The number of hydrogen-bond acceptors (Lipinski definition) is 6. The van der Waals surface area contributed by atoms with E-state index in [0.717, 1.165) is 54.8 Å². The third-order valence-corrected chi connectivity index (χ3v) is 6.43. The van der Waals surface area contributed by atoms with Crippen LogP contribution in [0.5, 0.6) is 0 Å². The highest BCUT2D eigenvalue weighted by Crippen LogP contribution is 2.37. The number of nitrogens with zero attached hydrogens (tertiary/aromatic N) is 3. The molecule has 0 radical (unpaired) electrons. The lowest BCUT2D eigenvalue weighted by atomic mass is 9.96. The highest BCUT2D eigenvalue weighted by molar-refractivity contribution is 7.19. The lowest BCUT2D eigenvalue weighted by molar-refractivity contribution is -0.123. The van der Waals surface area contributed by atoms with Crippen LogP contribution in [0.4, 0.5) is 5.82 Å². The van der Waals surface area contributed by atoms with E-state index in [2.05, 4.69) is 9.88 Å². The summed E-state index contributed by atoms with van der Waals surface area (Å²) in [6.07, 6.45) is 6.37. The first kappa shape index (κ1) is 15.8. The average molecular weight is 345 g/mol. The number of fused-ring (bicyclic) bond motifs is 3. The summed E-state index contributed by atoms with van der Waals surface area (Å²) in [5.74, 6) is 1.25. The molecule has 6 nitrogen and oxygen atoms in total. The number of thiophene rings is 1. The van der Waals surface area contributed by atoms with E-state index in [1.807, 2.05) is 0 Å². The standard InChI is InChI=1S/C17H23N5OS/c18-15-14-11-3-1-2-4-12(11)24-17(14)21-13(20-15)9-22-7-5-10(6-8-22)16(19)23/h10H,1-9H2,(H2,19,23)(H2,18,20,21). The van der Waals surface area contributed by atoms with Crippen LogP contribution in [0.1, 0.15) is 41.9 Å². The van der Waals surface area contributed by atoms with Gasteiger partial charge in [0.1, 0.15) is 16.5 Å². The summed E-state index contributed by atoms with van der Waals surface area (Å²) in [7, 11) is 0. The molecule has 1 saturated heterocycles. The first-order chi connectivity index (χ1) is 11.6. The van der Waals surface area contributed by atoms with Gasteiger partial charge in [0.05, 0.1) is 11.9 Å². The molecule has 7 heteroatoms. The van der Waals surface area contributed by atoms with E-state index in [1.54, 1.807) is 11.3 Å². The minimum absolute atomic E-state index is 0.0127. The van der Waals surface area contributed by atoms with Crippen LogP contribution in [-0.4, -0.2) is 33.9 Å². The van der Waals surface area contributed by atoms with E-state index in [4.69, 9.17) is 16.5 Å². The molecule has 0 bridgehead atoms. The number of amides is 1. The molecule has 1 aliphatic carbocycles. The van der Waals surface area contributed by atoms with E-state index in [-0.39, 0.29) is 11.8 Å². The number of aromatic nitrogens is 2. The highest BCUT2D eigenvalue weighted by Gasteiger charge is 2.24. The van der Waals surface area contributed by atoms with Gasteiger partial charge in [-0.15, -0.1) is 11.3 Å². The molecule has 1 fully saturated rings. The second-order valence-electron chi connectivity index (χ2n) is 6.87. The van der Waals surface area contributed by atoms with Gasteiger partial charge in [0, 0.05) is 10.8 Å². The molecule has 0 aromatic carbocycles. The van der Waals surface area contributed by atoms with E-state index in [0.29, 0.717) is 12.4 Å². The van der Waals surface area contributed by atoms with E-state index in [9.17, 15) is 4.79 Å². The summed E-state index contributed by atoms with van der Waals surface area (Å²) in [6.45, 7) is 2.40. The molecular weight excluding hydrogens is 322 g/mol. The summed E-state index contributed by atoms with van der Waals surface area (Å²) in [4.78, 5) is 25.4. The van der Waals surface area contributed by atoms with Crippen LogP contribution in [0.15, 0.2) is 0 Å². The maximum Gasteiger partial charge on any atom is 0.220 e.